The van der Waals surface area contributed by atoms with Crippen molar-refractivity contribution in [2.24, 2.45) is 0 Å². The Hall–Kier alpha value is -3.46. The lowest BCUT2D eigenvalue weighted by Gasteiger charge is -2.24. The molecule has 0 amide bonds. The van der Waals surface area contributed by atoms with Crippen LogP contribution in [0.1, 0.15) is 22.3 Å². The highest BCUT2D eigenvalue weighted by atomic mass is 31.1. The van der Waals surface area contributed by atoms with Crippen molar-refractivity contribution in [3.05, 3.63) is 156 Å². The van der Waals surface area contributed by atoms with Gasteiger partial charge in [0.15, 0.2) is 0 Å². The van der Waals surface area contributed by atoms with E-state index in [0.29, 0.717) is 22.9 Å². The van der Waals surface area contributed by atoms with E-state index in [-0.39, 0.29) is 0 Å². The van der Waals surface area contributed by atoms with E-state index in [9.17, 15) is 26.3 Å². The van der Waals surface area contributed by atoms with E-state index in [1.807, 2.05) is 60.7 Å². The van der Waals surface area contributed by atoms with Crippen LogP contribution in [0.4, 0.5) is 26.3 Å². The fraction of sp³-hybridized carbons (Fsp3) is 0.118. The quantitative estimate of drug-likeness (QED) is 0.122. The molecule has 0 bridgehead atoms. The van der Waals surface area contributed by atoms with Gasteiger partial charge in [0.25, 0.3) is 0 Å². The summed E-state index contributed by atoms with van der Waals surface area (Å²) < 4.78 is 82.0. The molecule has 0 fully saturated rings. The zero-order valence-electron chi connectivity index (χ0n) is 22.3. The molecule has 0 nitrogen and oxygen atoms in total. The molecule has 5 rings (SSSR count). The molecule has 0 radical (unpaired) electrons. The van der Waals surface area contributed by atoms with E-state index in [1.165, 1.54) is 22.7 Å². The summed E-state index contributed by atoms with van der Waals surface area (Å²) in [7, 11) is -2.40. The molecule has 0 heterocycles. The Balaban J connectivity index is 1.58. The van der Waals surface area contributed by atoms with Gasteiger partial charge in [-0.25, -0.2) is 0 Å². The smallest absolute Gasteiger partial charge is 0.166 e. The first-order valence-electron chi connectivity index (χ1n) is 13.2. The molecule has 0 spiro atoms. The number of benzene rings is 5. The first-order chi connectivity index (χ1) is 20.1. The van der Waals surface area contributed by atoms with Crippen molar-refractivity contribution in [1.82, 2.24) is 0 Å². The van der Waals surface area contributed by atoms with E-state index < -0.39 is 39.3 Å². The van der Waals surface area contributed by atoms with E-state index in [2.05, 4.69) is 24.3 Å². The molecule has 0 saturated carbocycles. The summed E-state index contributed by atoms with van der Waals surface area (Å²) in [6.07, 6.45) is -8.14. The summed E-state index contributed by atoms with van der Waals surface area (Å²) >= 11 is 0. The summed E-state index contributed by atoms with van der Waals surface area (Å²) in [6, 6.07) is 38.1. The Morgan fingerprint density at radius 3 is 1.10 bits per heavy atom. The third kappa shape index (κ3) is 7.30. The van der Waals surface area contributed by atoms with E-state index in [0.717, 1.165) is 35.4 Å². The third-order valence-corrected chi connectivity index (χ3v) is 11.8. The minimum Gasteiger partial charge on any atom is -0.166 e. The van der Waals surface area contributed by atoms with Crippen LogP contribution in [0.5, 0.6) is 0 Å². The number of hydrogen-bond donors (Lipinski definition) is 0. The van der Waals surface area contributed by atoms with Gasteiger partial charge in [0, 0.05) is 12.3 Å². The molecule has 5 aromatic carbocycles. The van der Waals surface area contributed by atoms with Crippen molar-refractivity contribution in [2.75, 3.05) is 0 Å². The Bertz CT molecular complexity index is 1520. The summed E-state index contributed by atoms with van der Waals surface area (Å²) in [5.41, 5.74) is 0.314. The first-order valence-corrected chi connectivity index (χ1v) is 16.2. The first kappa shape index (κ1) is 30.0. The fourth-order valence-corrected chi connectivity index (χ4v) is 9.60. The van der Waals surface area contributed by atoms with Crippen molar-refractivity contribution in [2.45, 2.75) is 24.7 Å². The topological polar surface area (TPSA) is 0 Å². The van der Waals surface area contributed by atoms with Crippen LogP contribution in [-0.4, -0.2) is 0 Å². The Morgan fingerprint density at radius 1 is 0.381 bits per heavy atom. The van der Waals surface area contributed by atoms with Gasteiger partial charge < -0.3 is 0 Å². The molecule has 0 aliphatic rings. The van der Waals surface area contributed by atoms with Crippen LogP contribution < -0.4 is 21.2 Å². The summed E-state index contributed by atoms with van der Waals surface area (Å²) in [5, 5.41) is 3.13. The van der Waals surface area contributed by atoms with Gasteiger partial charge in [-0.1, -0.05) is 109 Å². The van der Waals surface area contributed by atoms with Crippen molar-refractivity contribution in [3.8, 4) is 0 Å². The molecule has 214 valence electrons. The van der Waals surface area contributed by atoms with Crippen molar-refractivity contribution < 1.29 is 26.3 Å². The SMILES string of the molecule is FC(F)(F)c1cccc(P(Cc2ccccc2CP(c2ccccc2)c2ccccc2)c2cccc(C(F)(F)F)c2)c1. The lowest BCUT2D eigenvalue weighted by Crippen LogP contribution is -2.18. The minimum absolute atomic E-state index is 0.306. The van der Waals surface area contributed by atoms with E-state index in [1.54, 1.807) is 12.1 Å². The summed E-state index contributed by atoms with van der Waals surface area (Å²) in [6.45, 7) is 0. The molecule has 42 heavy (non-hydrogen) atoms. The second-order valence-corrected chi connectivity index (χ2v) is 14.1. The van der Waals surface area contributed by atoms with Gasteiger partial charge in [-0.2, -0.15) is 26.3 Å². The molecule has 0 aliphatic heterocycles. The van der Waals surface area contributed by atoms with E-state index in [4.69, 9.17) is 0 Å². The largest absolute Gasteiger partial charge is 0.416 e. The Labute approximate surface area is 243 Å². The monoisotopic (exact) mass is 610 g/mol. The zero-order valence-corrected chi connectivity index (χ0v) is 24.1. The second-order valence-electron chi connectivity index (χ2n) is 9.71. The third-order valence-electron chi connectivity index (χ3n) is 6.88. The number of hydrogen-bond acceptors (Lipinski definition) is 0. The number of halogens is 6. The molecular weight excluding hydrogens is 584 g/mol. The predicted octanol–water partition coefficient (Wildman–Crippen LogP) is 8.99. The molecule has 5 aromatic rings. The highest BCUT2D eigenvalue weighted by molar-refractivity contribution is 7.72. The average molecular weight is 611 g/mol. The van der Waals surface area contributed by atoms with Crippen LogP contribution in [0.2, 0.25) is 0 Å². The Morgan fingerprint density at radius 2 is 0.714 bits per heavy atom. The van der Waals surface area contributed by atoms with Crippen LogP contribution in [0.3, 0.4) is 0 Å². The maximum Gasteiger partial charge on any atom is 0.416 e. The van der Waals surface area contributed by atoms with Gasteiger partial charge in [-0.3, -0.25) is 0 Å². The maximum absolute atomic E-state index is 13.7. The van der Waals surface area contributed by atoms with Gasteiger partial charge >= 0.3 is 12.4 Å². The van der Waals surface area contributed by atoms with Gasteiger partial charge in [0.2, 0.25) is 0 Å². The van der Waals surface area contributed by atoms with Crippen molar-refractivity contribution >= 4 is 37.1 Å². The number of rotatable bonds is 8. The highest BCUT2D eigenvalue weighted by Crippen LogP contribution is 2.44. The molecule has 0 N–H and O–H groups in total. The lowest BCUT2D eigenvalue weighted by molar-refractivity contribution is -0.138. The van der Waals surface area contributed by atoms with Crippen LogP contribution in [0.25, 0.3) is 0 Å². The van der Waals surface area contributed by atoms with Crippen LogP contribution in [-0.2, 0) is 24.7 Å². The molecule has 0 atom stereocenters. The minimum atomic E-state index is -4.57. The van der Waals surface area contributed by atoms with Gasteiger partial charge in [-0.15, -0.1) is 0 Å². The Kier molecular flexibility index (Phi) is 9.16. The van der Waals surface area contributed by atoms with Crippen molar-refractivity contribution in [3.63, 3.8) is 0 Å². The summed E-state index contributed by atoms with van der Waals surface area (Å²) in [5.74, 6) is 0. The highest BCUT2D eigenvalue weighted by Gasteiger charge is 2.33. The molecular formula is C34H26F6P2. The van der Waals surface area contributed by atoms with Gasteiger partial charge in [0.1, 0.15) is 0 Å². The standard InChI is InChI=1S/C34H26F6P2/c35-33(36,37)27-13-9-19-31(21-27)42(32-20-10-14-28(22-32)34(38,39)40)24-26-12-8-7-11-25(26)23-41(29-15-3-1-4-16-29)30-17-5-2-6-18-30/h1-22H,23-24H2. The van der Waals surface area contributed by atoms with Crippen molar-refractivity contribution in [1.29, 1.82) is 0 Å². The fourth-order valence-electron chi connectivity index (χ4n) is 4.79. The predicted molar refractivity (Wildman–Crippen MR) is 162 cm³/mol. The van der Waals surface area contributed by atoms with Crippen LogP contribution in [0.15, 0.2) is 133 Å². The van der Waals surface area contributed by atoms with Gasteiger partial charge in [-0.05, 0) is 72.5 Å². The van der Waals surface area contributed by atoms with Gasteiger partial charge in [0.05, 0.1) is 11.1 Å². The normalized spacial score (nSPS) is 12.2. The number of alkyl halides is 6. The average Bonchev–Trinajstić information content (AvgIpc) is 2.99. The van der Waals surface area contributed by atoms with Crippen LogP contribution >= 0.6 is 15.8 Å². The second kappa shape index (κ2) is 12.8. The maximum atomic E-state index is 13.7. The molecule has 0 aromatic heterocycles. The lowest BCUT2D eigenvalue weighted by atomic mass is 10.1. The summed E-state index contributed by atoms with van der Waals surface area (Å²) in [4.78, 5) is 0. The molecule has 0 unspecified atom stereocenters. The molecule has 8 heteroatoms. The molecule has 0 saturated heterocycles. The van der Waals surface area contributed by atoms with E-state index >= 15 is 0 Å². The zero-order chi connectivity index (χ0) is 29.7. The molecule has 0 aliphatic carbocycles. The van der Waals surface area contributed by atoms with Crippen LogP contribution in [0, 0.1) is 0 Å².